The number of ketones is 1. The van der Waals surface area contributed by atoms with Gasteiger partial charge in [-0.1, -0.05) is 93.5 Å². The molecule has 0 fully saturated rings. The number of amides is 2. The molecule has 0 aliphatic rings. The first-order valence-corrected chi connectivity index (χ1v) is 13.1. The second-order valence-corrected chi connectivity index (χ2v) is 11.1. The highest BCUT2D eigenvalue weighted by atomic mass is 16.2. The standard InChI is InChI=1S/C13H20.C10H20N2O2.C7H14O/c1-10(2)9-12-5-7-13(8-6-12)11(3)4;1-8(2)10(14)12(5)7-6-11(4)9(3)13;1-5(2)7(8)6(3)4/h5-8,10-11H,9H2,1-4H3;8H,6-7H2,1-5H3;5-6H,1-4H3. The number of nitrogens with zero attached hydrogens (tertiary/aromatic N) is 2. The summed E-state index contributed by atoms with van der Waals surface area (Å²) in [6.45, 7) is 23.2. The fourth-order valence-electron chi connectivity index (χ4n) is 3.19. The molecule has 1 aromatic carbocycles. The SMILES string of the molecule is CC(=O)N(C)CCN(C)C(=O)C(C)C.CC(C)C(=O)C(C)C.CC(C)Cc1ccc(C(C)C)cc1. The van der Waals surface area contributed by atoms with Gasteiger partial charge in [-0.25, -0.2) is 0 Å². The van der Waals surface area contributed by atoms with Crippen LogP contribution in [0, 0.1) is 23.7 Å². The summed E-state index contributed by atoms with van der Waals surface area (Å²) < 4.78 is 0. The third-order valence-corrected chi connectivity index (χ3v) is 5.61. The quantitative estimate of drug-likeness (QED) is 0.399. The zero-order chi connectivity index (χ0) is 27.9. The van der Waals surface area contributed by atoms with E-state index in [-0.39, 0.29) is 29.6 Å². The molecule has 0 atom stereocenters. The summed E-state index contributed by atoms with van der Waals surface area (Å²) in [6.07, 6.45) is 1.19. The fraction of sp³-hybridized carbons (Fsp3) is 0.700. The van der Waals surface area contributed by atoms with E-state index in [0.717, 1.165) is 5.92 Å². The van der Waals surface area contributed by atoms with E-state index < -0.39 is 0 Å². The molecule has 0 radical (unpaired) electrons. The Kier molecular flexibility index (Phi) is 18.1. The second kappa shape index (κ2) is 18.1. The first-order valence-electron chi connectivity index (χ1n) is 13.1. The van der Waals surface area contributed by atoms with E-state index in [1.165, 1.54) is 24.5 Å². The molecular formula is C30H54N2O3. The third kappa shape index (κ3) is 17.0. The van der Waals surface area contributed by atoms with Gasteiger partial charge in [-0.3, -0.25) is 14.4 Å². The van der Waals surface area contributed by atoms with E-state index in [4.69, 9.17) is 0 Å². The molecule has 0 bridgehead atoms. The van der Waals surface area contributed by atoms with Crippen LogP contribution in [0.4, 0.5) is 0 Å². The van der Waals surface area contributed by atoms with E-state index >= 15 is 0 Å². The number of hydrogen-bond acceptors (Lipinski definition) is 3. The first-order chi connectivity index (χ1) is 16.0. The molecule has 0 unspecified atom stereocenters. The van der Waals surface area contributed by atoms with Gasteiger partial charge in [-0.2, -0.15) is 0 Å². The first kappa shape index (κ1) is 35.0. The Labute approximate surface area is 216 Å². The summed E-state index contributed by atoms with van der Waals surface area (Å²) in [5.74, 6) is 2.31. The lowest BCUT2D eigenvalue weighted by Gasteiger charge is -2.22. The molecule has 0 aliphatic heterocycles. The van der Waals surface area contributed by atoms with Crippen molar-refractivity contribution in [3.05, 3.63) is 35.4 Å². The van der Waals surface area contributed by atoms with Crippen LogP contribution >= 0.6 is 0 Å². The maximum Gasteiger partial charge on any atom is 0.224 e. The number of carbonyl (C=O) groups is 3. The van der Waals surface area contributed by atoms with Gasteiger partial charge in [0.2, 0.25) is 11.8 Å². The van der Waals surface area contributed by atoms with Crippen LogP contribution in [0.2, 0.25) is 0 Å². The maximum atomic E-state index is 11.4. The lowest BCUT2D eigenvalue weighted by molar-refractivity contribution is -0.134. The minimum Gasteiger partial charge on any atom is -0.344 e. The number of carbonyl (C=O) groups excluding carboxylic acids is 3. The molecule has 0 saturated carbocycles. The predicted molar refractivity (Wildman–Crippen MR) is 150 cm³/mol. The smallest absolute Gasteiger partial charge is 0.224 e. The summed E-state index contributed by atoms with van der Waals surface area (Å²) in [7, 11) is 3.49. The molecule has 1 rings (SSSR count). The largest absolute Gasteiger partial charge is 0.344 e. The van der Waals surface area contributed by atoms with E-state index in [1.807, 2.05) is 41.5 Å². The molecule has 5 nitrogen and oxygen atoms in total. The van der Waals surface area contributed by atoms with Gasteiger partial charge in [0, 0.05) is 51.9 Å². The average Bonchev–Trinajstić information content (AvgIpc) is 2.76. The molecule has 0 aliphatic carbocycles. The van der Waals surface area contributed by atoms with Crippen molar-refractivity contribution in [1.82, 2.24) is 9.80 Å². The lowest BCUT2D eigenvalue weighted by Crippen LogP contribution is -2.38. The molecule has 1 aromatic rings. The van der Waals surface area contributed by atoms with Crippen molar-refractivity contribution in [2.45, 2.75) is 88.5 Å². The molecule has 0 saturated heterocycles. The Bertz CT molecular complexity index is 724. The lowest BCUT2D eigenvalue weighted by atomic mass is 9.98. The fourth-order valence-corrected chi connectivity index (χ4v) is 3.19. The van der Waals surface area contributed by atoms with Crippen LogP contribution in [0.5, 0.6) is 0 Å². The van der Waals surface area contributed by atoms with Gasteiger partial charge in [-0.05, 0) is 29.4 Å². The van der Waals surface area contributed by atoms with Gasteiger partial charge >= 0.3 is 0 Å². The minimum atomic E-state index is 0.0163. The van der Waals surface area contributed by atoms with Gasteiger partial charge in [-0.15, -0.1) is 0 Å². The number of rotatable bonds is 9. The molecule has 5 heteroatoms. The van der Waals surface area contributed by atoms with E-state index in [1.54, 1.807) is 23.9 Å². The summed E-state index contributed by atoms with van der Waals surface area (Å²) in [6, 6.07) is 9.02. The van der Waals surface area contributed by atoms with Crippen LogP contribution in [-0.4, -0.2) is 54.6 Å². The van der Waals surface area contributed by atoms with Gasteiger partial charge in [0.05, 0.1) is 0 Å². The third-order valence-electron chi connectivity index (χ3n) is 5.61. The van der Waals surface area contributed by atoms with Crippen molar-refractivity contribution in [3.63, 3.8) is 0 Å². The van der Waals surface area contributed by atoms with Gasteiger partial charge < -0.3 is 9.80 Å². The zero-order valence-electron chi connectivity index (χ0n) is 24.9. The van der Waals surface area contributed by atoms with Crippen LogP contribution in [0.1, 0.15) is 93.2 Å². The normalized spacial score (nSPS) is 10.7. The van der Waals surface area contributed by atoms with Crippen molar-refractivity contribution >= 4 is 17.6 Å². The summed E-state index contributed by atoms with van der Waals surface area (Å²) in [5.41, 5.74) is 2.90. The Morgan fingerprint density at radius 2 is 1.11 bits per heavy atom. The van der Waals surface area contributed by atoms with Crippen LogP contribution in [0.3, 0.4) is 0 Å². The van der Waals surface area contributed by atoms with Crippen LogP contribution < -0.4 is 0 Å². The van der Waals surface area contributed by atoms with Crippen molar-refractivity contribution in [1.29, 1.82) is 0 Å². The van der Waals surface area contributed by atoms with Gasteiger partial charge in [0.1, 0.15) is 5.78 Å². The maximum absolute atomic E-state index is 11.4. The Morgan fingerprint density at radius 3 is 1.40 bits per heavy atom. The second-order valence-electron chi connectivity index (χ2n) is 11.1. The highest BCUT2D eigenvalue weighted by molar-refractivity contribution is 5.82. The summed E-state index contributed by atoms with van der Waals surface area (Å²) in [5, 5.41) is 0. The molecule has 202 valence electrons. The molecular weight excluding hydrogens is 436 g/mol. The average molecular weight is 491 g/mol. The summed E-state index contributed by atoms with van der Waals surface area (Å²) in [4.78, 5) is 36.4. The van der Waals surface area contributed by atoms with Crippen LogP contribution in [0.15, 0.2) is 24.3 Å². The van der Waals surface area contributed by atoms with Crippen molar-refractivity contribution in [2.24, 2.45) is 23.7 Å². The van der Waals surface area contributed by atoms with Crippen molar-refractivity contribution in [2.75, 3.05) is 27.2 Å². The number of likely N-dealkylation sites (N-methyl/N-ethyl adjacent to an activating group) is 2. The molecule has 0 heterocycles. The van der Waals surface area contributed by atoms with E-state index in [9.17, 15) is 14.4 Å². The predicted octanol–water partition coefficient (Wildman–Crippen LogP) is 6.46. The number of Topliss-reactive ketones (excluding diaryl/α,β-unsaturated/α-hetero) is 1. The Morgan fingerprint density at radius 1 is 0.686 bits per heavy atom. The molecule has 2 amide bonds. The Hall–Kier alpha value is -2.17. The highest BCUT2D eigenvalue weighted by Crippen LogP contribution is 2.16. The topological polar surface area (TPSA) is 57.7 Å². The summed E-state index contributed by atoms with van der Waals surface area (Å²) >= 11 is 0. The van der Waals surface area contributed by atoms with Crippen molar-refractivity contribution < 1.29 is 14.4 Å². The molecule has 0 aromatic heterocycles. The van der Waals surface area contributed by atoms with Crippen molar-refractivity contribution in [3.8, 4) is 0 Å². The molecule has 35 heavy (non-hydrogen) atoms. The number of hydrogen-bond donors (Lipinski definition) is 0. The highest BCUT2D eigenvalue weighted by Gasteiger charge is 2.13. The van der Waals surface area contributed by atoms with Crippen LogP contribution in [-0.2, 0) is 20.8 Å². The zero-order valence-corrected chi connectivity index (χ0v) is 24.9. The molecule has 0 spiro atoms. The monoisotopic (exact) mass is 490 g/mol. The number of benzene rings is 1. The molecule has 0 N–H and O–H groups in total. The van der Waals surface area contributed by atoms with Gasteiger partial charge in [0.25, 0.3) is 0 Å². The minimum absolute atomic E-state index is 0.0163. The Balaban J connectivity index is 0. The van der Waals surface area contributed by atoms with Gasteiger partial charge in [0.15, 0.2) is 0 Å². The van der Waals surface area contributed by atoms with E-state index in [0.29, 0.717) is 24.8 Å². The van der Waals surface area contributed by atoms with E-state index in [2.05, 4.69) is 52.0 Å². The van der Waals surface area contributed by atoms with Crippen LogP contribution in [0.25, 0.3) is 0 Å².